The van der Waals surface area contributed by atoms with Gasteiger partial charge >= 0.3 is 0 Å². The third-order valence-corrected chi connectivity index (χ3v) is 4.97. The van der Waals surface area contributed by atoms with Crippen molar-refractivity contribution in [1.29, 1.82) is 0 Å². The number of rotatable bonds is 9. The van der Waals surface area contributed by atoms with Crippen molar-refractivity contribution in [3.05, 3.63) is 53.4 Å². The smallest absolute Gasteiger partial charge is 0.227 e. The van der Waals surface area contributed by atoms with Gasteiger partial charge in [-0.2, -0.15) is 0 Å². The number of amides is 1. The van der Waals surface area contributed by atoms with Crippen LogP contribution in [-0.4, -0.2) is 37.0 Å². The van der Waals surface area contributed by atoms with Crippen molar-refractivity contribution in [2.45, 2.75) is 39.2 Å². The maximum atomic E-state index is 12.1. The Bertz CT molecular complexity index is 738. The standard InChI is InChI=1S/C19H26N2OS.C2H2O4/c1-3-18(22)21(19-10-7-15-23-19)14-12-16(2)20-13-11-17-8-5-4-6-9-17;3-1(4)2(5)6/h4-10,15-16,20H,3,11-14H2,1-2H3;(H,3,4)(H,5,6)/p-2. The Balaban J connectivity index is 0.000000612. The van der Waals surface area contributed by atoms with Crippen LogP contribution in [0.5, 0.6) is 0 Å². The monoisotopic (exact) mass is 418 g/mol. The van der Waals surface area contributed by atoms with E-state index in [1.807, 2.05) is 35.4 Å². The highest BCUT2D eigenvalue weighted by Crippen LogP contribution is 2.22. The Labute approximate surface area is 175 Å². The van der Waals surface area contributed by atoms with Gasteiger partial charge in [0, 0.05) is 19.0 Å². The molecule has 1 aromatic carbocycles. The van der Waals surface area contributed by atoms with Crippen molar-refractivity contribution in [2.75, 3.05) is 18.0 Å². The summed E-state index contributed by atoms with van der Waals surface area (Å²) in [6, 6.07) is 14.9. The summed E-state index contributed by atoms with van der Waals surface area (Å²) in [7, 11) is 0. The molecule has 0 aliphatic rings. The van der Waals surface area contributed by atoms with Crippen LogP contribution in [0.3, 0.4) is 0 Å². The zero-order chi connectivity index (χ0) is 21.6. The number of hydrogen-bond acceptors (Lipinski definition) is 7. The fourth-order valence-corrected chi connectivity index (χ4v) is 3.28. The lowest BCUT2D eigenvalue weighted by Crippen LogP contribution is -2.42. The number of carbonyl (C=O) groups is 3. The number of thiophene rings is 1. The van der Waals surface area contributed by atoms with Crippen molar-refractivity contribution in [1.82, 2.24) is 5.32 Å². The zero-order valence-electron chi connectivity index (χ0n) is 16.6. The molecular weight excluding hydrogens is 392 g/mol. The van der Waals surface area contributed by atoms with E-state index in [0.717, 1.165) is 30.9 Å². The van der Waals surface area contributed by atoms with E-state index in [4.69, 9.17) is 19.8 Å². The van der Waals surface area contributed by atoms with Gasteiger partial charge in [-0.3, -0.25) is 4.79 Å². The molecule has 7 nitrogen and oxygen atoms in total. The second-order valence-electron chi connectivity index (χ2n) is 6.30. The molecule has 0 spiro atoms. The van der Waals surface area contributed by atoms with Gasteiger partial charge in [-0.1, -0.05) is 37.3 Å². The summed E-state index contributed by atoms with van der Waals surface area (Å²) in [5.41, 5.74) is 1.36. The minimum absolute atomic E-state index is 0.198. The summed E-state index contributed by atoms with van der Waals surface area (Å²) in [5.74, 6) is -4.17. The molecule has 0 radical (unpaired) electrons. The van der Waals surface area contributed by atoms with Crippen molar-refractivity contribution in [2.24, 2.45) is 0 Å². The molecule has 0 saturated heterocycles. The number of carboxylic acids is 2. The van der Waals surface area contributed by atoms with Crippen LogP contribution in [0.25, 0.3) is 0 Å². The molecule has 29 heavy (non-hydrogen) atoms. The van der Waals surface area contributed by atoms with Gasteiger partial charge in [-0.05, 0) is 49.4 Å². The van der Waals surface area contributed by atoms with Gasteiger partial charge < -0.3 is 30.0 Å². The molecule has 1 heterocycles. The number of benzene rings is 1. The van der Waals surface area contributed by atoms with Crippen LogP contribution in [0.2, 0.25) is 0 Å². The molecule has 158 valence electrons. The second kappa shape index (κ2) is 13.5. The van der Waals surface area contributed by atoms with Gasteiger partial charge in [-0.25, -0.2) is 0 Å². The van der Waals surface area contributed by atoms with Gasteiger partial charge in [0.15, 0.2) is 0 Å². The molecule has 0 aliphatic carbocycles. The lowest BCUT2D eigenvalue weighted by Gasteiger charge is -2.23. The topological polar surface area (TPSA) is 113 Å². The number of carboxylic acid groups (broad SMARTS) is 2. The molecule has 0 aliphatic heterocycles. The maximum Gasteiger partial charge on any atom is 0.227 e. The van der Waals surface area contributed by atoms with Gasteiger partial charge in [0.1, 0.15) is 0 Å². The van der Waals surface area contributed by atoms with Crippen LogP contribution in [0.1, 0.15) is 32.3 Å². The average molecular weight is 419 g/mol. The molecule has 0 bridgehead atoms. The Morgan fingerprint density at radius 1 is 1.07 bits per heavy atom. The lowest BCUT2D eigenvalue weighted by atomic mass is 10.1. The number of hydrogen-bond donors (Lipinski definition) is 1. The first-order valence-corrected chi connectivity index (χ1v) is 10.3. The first-order valence-electron chi connectivity index (χ1n) is 9.38. The lowest BCUT2D eigenvalue weighted by molar-refractivity contribution is -0.345. The summed E-state index contributed by atoms with van der Waals surface area (Å²) in [6.07, 6.45) is 2.54. The van der Waals surface area contributed by atoms with E-state index in [0.29, 0.717) is 12.5 Å². The van der Waals surface area contributed by atoms with Crippen LogP contribution in [0, 0.1) is 0 Å². The Morgan fingerprint density at radius 3 is 2.24 bits per heavy atom. The normalized spacial score (nSPS) is 11.1. The molecule has 1 aromatic heterocycles. The highest BCUT2D eigenvalue weighted by Gasteiger charge is 2.15. The fraction of sp³-hybridized carbons (Fsp3) is 0.381. The number of nitrogens with zero attached hydrogens (tertiary/aromatic N) is 1. The van der Waals surface area contributed by atoms with Crippen LogP contribution in [-0.2, 0) is 20.8 Å². The average Bonchev–Trinajstić information content (AvgIpc) is 3.23. The molecular formula is C21H26N2O5S-2. The molecule has 1 N–H and O–H groups in total. The van der Waals surface area contributed by atoms with Crippen LogP contribution in [0.15, 0.2) is 47.8 Å². The molecule has 1 unspecified atom stereocenters. The van der Waals surface area contributed by atoms with E-state index >= 15 is 0 Å². The first kappa shape index (κ1) is 24.3. The summed E-state index contributed by atoms with van der Waals surface area (Å²) < 4.78 is 0. The molecule has 1 atom stereocenters. The van der Waals surface area contributed by atoms with Crippen LogP contribution >= 0.6 is 11.3 Å². The third-order valence-electron chi connectivity index (χ3n) is 4.08. The predicted octanol–water partition coefficient (Wildman–Crippen LogP) is 0.588. The summed E-state index contributed by atoms with van der Waals surface area (Å²) in [4.78, 5) is 31.9. The highest BCUT2D eigenvalue weighted by molar-refractivity contribution is 7.14. The van der Waals surface area contributed by atoms with Crippen molar-refractivity contribution < 1.29 is 24.6 Å². The van der Waals surface area contributed by atoms with E-state index in [-0.39, 0.29) is 5.91 Å². The number of nitrogens with one attached hydrogen (secondary N) is 1. The van der Waals surface area contributed by atoms with Gasteiger partial charge in [0.2, 0.25) is 5.91 Å². The molecule has 0 fully saturated rings. The molecule has 1 amide bonds. The Morgan fingerprint density at radius 2 is 1.72 bits per heavy atom. The van der Waals surface area contributed by atoms with Gasteiger partial charge in [0.25, 0.3) is 0 Å². The minimum Gasteiger partial charge on any atom is -0.543 e. The SMILES string of the molecule is CCC(=O)N(CCC(C)NCCc1ccccc1)c1cccs1.O=C([O-])C(=O)[O-]. The van der Waals surface area contributed by atoms with Crippen LogP contribution < -0.4 is 20.4 Å². The van der Waals surface area contributed by atoms with E-state index < -0.39 is 11.9 Å². The number of aliphatic carboxylic acids is 2. The maximum absolute atomic E-state index is 12.1. The molecule has 2 rings (SSSR count). The zero-order valence-corrected chi connectivity index (χ0v) is 17.4. The largest absolute Gasteiger partial charge is 0.543 e. The molecule has 2 aromatic rings. The van der Waals surface area contributed by atoms with Crippen LogP contribution in [0.4, 0.5) is 5.00 Å². The number of carbonyl (C=O) groups excluding carboxylic acids is 3. The highest BCUT2D eigenvalue weighted by atomic mass is 32.1. The van der Waals surface area contributed by atoms with E-state index in [1.54, 1.807) is 11.3 Å². The molecule has 8 heteroatoms. The first-order chi connectivity index (χ1) is 13.8. The number of anilines is 1. The van der Waals surface area contributed by atoms with Gasteiger partial charge in [-0.15, -0.1) is 11.3 Å². The van der Waals surface area contributed by atoms with E-state index in [1.165, 1.54) is 5.56 Å². The van der Waals surface area contributed by atoms with Crippen molar-refractivity contribution in [3.63, 3.8) is 0 Å². The van der Waals surface area contributed by atoms with Gasteiger partial charge in [0.05, 0.1) is 16.9 Å². The Hall–Kier alpha value is -2.71. The molecule has 0 saturated carbocycles. The van der Waals surface area contributed by atoms with Crippen molar-refractivity contribution in [3.8, 4) is 0 Å². The predicted molar refractivity (Wildman–Crippen MR) is 109 cm³/mol. The van der Waals surface area contributed by atoms with E-state index in [9.17, 15) is 4.79 Å². The summed E-state index contributed by atoms with van der Waals surface area (Å²) in [6.45, 7) is 5.84. The second-order valence-corrected chi connectivity index (χ2v) is 7.23. The van der Waals surface area contributed by atoms with E-state index in [2.05, 4.69) is 36.5 Å². The summed E-state index contributed by atoms with van der Waals surface area (Å²) >= 11 is 1.63. The quantitative estimate of drug-likeness (QED) is 0.597. The fourth-order valence-electron chi connectivity index (χ4n) is 2.50. The third kappa shape index (κ3) is 9.87. The van der Waals surface area contributed by atoms with Crippen molar-refractivity contribution >= 4 is 34.2 Å². The minimum atomic E-state index is -2.19. The summed E-state index contributed by atoms with van der Waals surface area (Å²) in [5, 5.41) is 24.5. The Kier molecular flexibility index (Phi) is 11.3.